The van der Waals surface area contributed by atoms with E-state index in [4.69, 9.17) is 11.6 Å². The molecule has 0 saturated heterocycles. The van der Waals surface area contributed by atoms with Crippen molar-refractivity contribution in [2.45, 2.75) is 24.3 Å². The van der Waals surface area contributed by atoms with Crippen LogP contribution < -0.4 is 5.32 Å². The highest BCUT2D eigenvalue weighted by Crippen LogP contribution is 2.26. The molecule has 0 bridgehead atoms. The van der Waals surface area contributed by atoms with Gasteiger partial charge >= 0.3 is 0 Å². The fraction of sp³-hybridized carbons (Fsp3) is 0.231. The molecule has 1 atom stereocenters. The fourth-order valence-corrected chi connectivity index (χ4v) is 2.94. The number of aromatic amines is 1. The number of amides is 1. The van der Waals surface area contributed by atoms with E-state index < -0.39 is 0 Å². The number of nitrogens with zero attached hydrogens (tertiary/aromatic N) is 4. The van der Waals surface area contributed by atoms with Crippen molar-refractivity contribution in [1.82, 2.24) is 24.8 Å². The average molecular weight is 337 g/mol. The molecule has 7 nitrogen and oxygen atoms in total. The van der Waals surface area contributed by atoms with Gasteiger partial charge in [0.1, 0.15) is 6.33 Å². The Labute approximate surface area is 135 Å². The van der Waals surface area contributed by atoms with Gasteiger partial charge in [-0.25, -0.2) is 0 Å². The molecule has 2 heterocycles. The molecular formula is C13H13ClN6OS. The predicted octanol–water partition coefficient (Wildman–Crippen LogP) is 2.53. The SMILES string of the molecule is Cc1ccc(NC(=O)C(C)Sc2nnc3nc[nH]n23)c(Cl)c1. The third-order valence-corrected chi connectivity index (χ3v) is 4.37. The first kappa shape index (κ1) is 14.9. The molecule has 2 aromatic heterocycles. The number of anilines is 1. The number of nitrogens with one attached hydrogen (secondary N) is 2. The number of thioether (sulfide) groups is 1. The first-order valence-corrected chi connectivity index (χ1v) is 7.78. The Kier molecular flexibility index (Phi) is 4.04. The lowest BCUT2D eigenvalue weighted by molar-refractivity contribution is -0.115. The van der Waals surface area contributed by atoms with E-state index >= 15 is 0 Å². The lowest BCUT2D eigenvalue weighted by Crippen LogP contribution is -2.22. The standard InChI is InChI=1S/C13H13ClN6OS/c1-7-3-4-10(9(14)5-7)17-11(21)8(2)22-13-19-18-12-15-6-16-20(12)13/h3-6,8H,1-2H3,(H,17,21)(H,15,16,18). The minimum absolute atomic E-state index is 0.160. The van der Waals surface area contributed by atoms with Gasteiger partial charge in [0.05, 0.1) is 16.0 Å². The summed E-state index contributed by atoms with van der Waals surface area (Å²) in [6.07, 6.45) is 1.52. The zero-order chi connectivity index (χ0) is 15.7. The summed E-state index contributed by atoms with van der Waals surface area (Å²) in [6, 6.07) is 5.49. The number of benzene rings is 1. The Balaban J connectivity index is 1.70. The second kappa shape index (κ2) is 5.98. The summed E-state index contributed by atoms with van der Waals surface area (Å²) in [4.78, 5) is 16.3. The van der Waals surface area contributed by atoms with Gasteiger partial charge in [0, 0.05) is 0 Å². The smallest absolute Gasteiger partial charge is 0.272 e. The van der Waals surface area contributed by atoms with Crippen LogP contribution in [0.3, 0.4) is 0 Å². The number of H-pyrrole nitrogens is 1. The quantitative estimate of drug-likeness (QED) is 0.715. The molecular weight excluding hydrogens is 324 g/mol. The van der Waals surface area contributed by atoms with E-state index in [9.17, 15) is 4.79 Å². The van der Waals surface area contributed by atoms with E-state index in [0.717, 1.165) is 5.56 Å². The van der Waals surface area contributed by atoms with Crippen LogP contribution in [0.1, 0.15) is 12.5 Å². The van der Waals surface area contributed by atoms with Gasteiger partial charge in [0.2, 0.25) is 11.1 Å². The molecule has 0 saturated carbocycles. The van der Waals surface area contributed by atoms with Crippen LogP contribution in [-0.2, 0) is 4.79 Å². The molecule has 114 valence electrons. The predicted molar refractivity (Wildman–Crippen MR) is 85.3 cm³/mol. The number of halogens is 1. The molecule has 2 N–H and O–H groups in total. The molecule has 0 aliphatic rings. The number of rotatable bonds is 4. The molecule has 22 heavy (non-hydrogen) atoms. The van der Waals surface area contributed by atoms with E-state index in [1.807, 2.05) is 19.1 Å². The molecule has 3 rings (SSSR count). The maximum atomic E-state index is 12.3. The monoisotopic (exact) mass is 336 g/mol. The Hall–Kier alpha value is -2.06. The van der Waals surface area contributed by atoms with Gasteiger partial charge in [-0.2, -0.15) is 9.50 Å². The van der Waals surface area contributed by atoms with Gasteiger partial charge in [0.15, 0.2) is 0 Å². The molecule has 1 unspecified atom stereocenters. The number of hydrogen-bond donors (Lipinski definition) is 2. The van der Waals surface area contributed by atoms with Crippen LogP contribution in [0.25, 0.3) is 5.78 Å². The molecule has 9 heteroatoms. The first-order chi connectivity index (χ1) is 10.5. The molecule has 0 spiro atoms. The second-order valence-corrected chi connectivity index (χ2v) is 6.45. The zero-order valence-electron chi connectivity index (χ0n) is 11.9. The summed E-state index contributed by atoms with van der Waals surface area (Å²) < 4.78 is 1.62. The number of carbonyl (C=O) groups excluding carboxylic acids is 1. The van der Waals surface area contributed by atoms with Crippen LogP contribution in [0, 0.1) is 6.92 Å². The summed E-state index contributed by atoms with van der Waals surface area (Å²) in [6.45, 7) is 3.73. The summed E-state index contributed by atoms with van der Waals surface area (Å²) >= 11 is 7.41. The molecule has 1 aromatic carbocycles. The van der Waals surface area contributed by atoms with Gasteiger partial charge < -0.3 is 5.32 Å². The van der Waals surface area contributed by atoms with E-state index in [0.29, 0.717) is 21.6 Å². The molecule has 0 radical (unpaired) electrons. The summed E-state index contributed by atoms with van der Waals surface area (Å²) in [5, 5.41) is 14.3. The number of hydrogen-bond acceptors (Lipinski definition) is 5. The third kappa shape index (κ3) is 2.93. The van der Waals surface area contributed by atoms with Crippen molar-refractivity contribution in [3.63, 3.8) is 0 Å². The summed E-state index contributed by atoms with van der Waals surface area (Å²) in [5.74, 6) is 0.309. The van der Waals surface area contributed by atoms with Gasteiger partial charge in [0.25, 0.3) is 5.78 Å². The first-order valence-electron chi connectivity index (χ1n) is 6.53. The van der Waals surface area contributed by atoms with Crippen molar-refractivity contribution in [3.8, 4) is 0 Å². The van der Waals surface area contributed by atoms with E-state index in [-0.39, 0.29) is 11.2 Å². The van der Waals surface area contributed by atoms with Gasteiger partial charge in [-0.1, -0.05) is 29.4 Å². The summed E-state index contributed by atoms with van der Waals surface area (Å²) in [7, 11) is 0. The van der Waals surface area contributed by atoms with E-state index in [2.05, 4.69) is 25.6 Å². The van der Waals surface area contributed by atoms with Crippen molar-refractivity contribution in [2.24, 2.45) is 0 Å². The van der Waals surface area contributed by atoms with Crippen LogP contribution in [0.15, 0.2) is 29.7 Å². The van der Waals surface area contributed by atoms with Crippen molar-refractivity contribution in [2.75, 3.05) is 5.32 Å². The molecule has 0 fully saturated rings. The fourth-order valence-electron chi connectivity index (χ4n) is 1.85. The lowest BCUT2D eigenvalue weighted by Gasteiger charge is -2.12. The van der Waals surface area contributed by atoms with E-state index in [1.54, 1.807) is 17.5 Å². The van der Waals surface area contributed by atoms with Gasteiger partial charge in [-0.05, 0) is 31.5 Å². The van der Waals surface area contributed by atoms with Crippen LogP contribution in [0.2, 0.25) is 5.02 Å². The molecule has 0 aliphatic heterocycles. The maximum absolute atomic E-state index is 12.3. The zero-order valence-corrected chi connectivity index (χ0v) is 13.4. The second-order valence-electron chi connectivity index (χ2n) is 4.74. The van der Waals surface area contributed by atoms with Crippen molar-refractivity contribution in [1.29, 1.82) is 0 Å². The van der Waals surface area contributed by atoms with Crippen molar-refractivity contribution < 1.29 is 4.79 Å². The van der Waals surface area contributed by atoms with Crippen molar-refractivity contribution in [3.05, 3.63) is 35.1 Å². The van der Waals surface area contributed by atoms with Crippen LogP contribution in [0.4, 0.5) is 5.69 Å². The number of fused-ring (bicyclic) bond motifs is 1. The number of carbonyl (C=O) groups is 1. The molecule has 1 amide bonds. The molecule has 3 aromatic rings. The Morgan fingerprint density at radius 1 is 1.45 bits per heavy atom. The topological polar surface area (TPSA) is 88.0 Å². The normalized spacial score (nSPS) is 12.5. The van der Waals surface area contributed by atoms with Crippen LogP contribution >= 0.6 is 23.4 Å². The minimum atomic E-state index is -0.368. The highest BCUT2D eigenvalue weighted by Gasteiger charge is 2.19. The Morgan fingerprint density at radius 3 is 3.05 bits per heavy atom. The van der Waals surface area contributed by atoms with Crippen molar-refractivity contribution >= 4 is 40.7 Å². The maximum Gasteiger partial charge on any atom is 0.272 e. The van der Waals surface area contributed by atoms with Gasteiger partial charge in [-0.15, -0.1) is 10.2 Å². The van der Waals surface area contributed by atoms with E-state index in [1.165, 1.54) is 18.1 Å². The average Bonchev–Trinajstić information content (AvgIpc) is 3.06. The minimum Gasteiger partial charge on any atom is -0.324 e. The third-order valence-electron chi connectivity index (χ3n) is 3.02. The van der Waals surface area contributed by atoms with Crippen LogP contribution in [-0.4, -0.2) is 36.0 Å². The highest BCUT2D eigenvalue weighted by molar-refractivity contribution is 8.00. The largest absolute Gasteiger partial charge is 0.324 e. The number of aromatic nitrogens is 5. The molecule has 0 aliphatic carbocycles. The lowest BCUT2D eigenvalue weighted by atomic mass is 10.2. The highest BCUT2D eigenvalue weighted by atomic mass is 35.5. The Morgan fingerprint density at radius 2 is 2.27 bits per heavy atom. The summed E-state index contributed by atoms with van der Waals surface area (Å²) in [5.41, 5.74) is 1.63. The van der Waals surface area contributed by atoms with Crippen LogP contribution in [0.5, 0.6) is 0 Å². The van der Waals surface area contributed by atoms with Gasteiger partial charge in [-0.3, -0.25) is 9.89 Å². The Bertz CT molecular complexity index is 829. The number of aryl methyl sites for hydroxylation is 1.